The maximum atomic E-state index is 12.1. The first kappa shape index (κ1) is 23.8. The molecule has 6 heteroatoms. The van der Waals surface area contributed by atoms with Crippen LogP contribution in [0.5, 0.6) is 11.5 Å². The van der Waals surface area contributed by atoms with Crippen molar-refractivity contribution in [2.24, 2.45) is 5.92 Å². The minimum atomic E-state index is -2.09. The van der Waals surface area contributed by atoms with Crippen molar-refractivity contribution < 1.29 is 23.4 Å². The summed E-state index contributed by atoms with van der Waals surface area (Å²) < 4.78 is 24.2. The summed E-state index contributed by atoms with van der Waals surface area (Å²) in [6.45, 7) is 18.5. The van der Waals surface area contributed by atoms with E-state index in [-0.39, 0.29) is 18.8 Å². The normalized spacial score (nSPS) is 20.2. The largest absolute Gasteiger partial charge is 0.454 e. The van der Waals surface area contributed by atoms with Crippen LogP contribution in [-0.4, -0.2) is 34.6 Å². The summed E-state index contributed by atoms with van der Waals surface area (Å²) in [5, 5.41) is 0. The van der Waals surface area contributed by atoms with Crippen LogP contribution in [0.2, 0.25) is 16.6 Å². The van der Waals surface area contributed by atoms with Gasteiger partial charge in [-0.3, -0.25) is 4.79 Å². The van der Waals surface area contributed by atoms with Crippen LogP contribution in [0, 0.1) is 5.92 Å². The van der Waals surface area contributed by atoms with E-state index in [1.54, 1.807) is 6.08 Å². The molecule has 1 aliphatic carbocycles. The van der Waals surface area contributed by atoms with Gasteiger partial charge in [0.05, 0.1) is 12.7 Å². The van der Waals surface area contributed by atoms with Crippen LogP contribution in [0.25, 0.3) is 6.08 Å². The van der Waals surface area contributed by atoms with Crippen LogP contribution in [0.3, 0.4) is 0 Å². The predicted molar refractivity (Wildman–Crippen MR) is 126 cm³/mol. The first-order valence-corrected chi connectivity index (χ1v) is 13.4. The standard InChI is InChI=1S/C25H36O5Si/c1-8-9-27-25-21-12-24-23(28-15-29-24)11-19(21)10-20(13-26)22(25)14-30-31(16(2)3,17(4)5)18(6)7/h8,10-13,16-18,22,25H,1,9,14-15H2,2-7H3/t22-,25-/m0/s1. The van der Waals surface area contributed by atoms with E-state index in [4.69, 9.17) is 18.6 Å². The summed E-state index contributed by atoms with van der Waals surface area (Å²) in [6, 6.07) is 3.91. The molecule has 0 spiro atoms. The molecule has 31 heavy (non-hydrogen) atoms. The van der Waals surface area contributed by atoms with Gasteiger partial charge in [-0.1, -0.05) is 47.6 Å². The Labute approximate surface area is 187 Å². The fourth-order valence-electron chi connectivity index (χ4n) is 5.44. The zero-order valence-corrected chi connectivity index (χ0v) is 20.6. The lowest BCUT2D eigenvalue weighted by Gasteiger charge is -2.44. The number of carbonyl (C=O) groups is 1. The molecule has 1 aromatic rings. The number of fused-ring (bicyclic) bond motifs is 2. The highest BCUT2D eigenvalue weighted by molar-refractivity contribution is 6.77. The predicted octanol–water partition coefficient (Wildman–Crippen LogP) is 6.06. The van der Waals surface area contributed by atoms with Crippen molar-refractivity contribution in [1.29, 1.82) is 0 Å². The van der Waals surface area contributed by atoms with Crippen molar-refractivity contribution in [3.63, 3.8) is 0 Å². The van der Waals surface area contributed by atoms with Gasteiger partial charge in [0.25, 0.3) is 0 Å². The van der Waals surface area contributed by atoms with E-state index < -0.39 is 8.32 Å². The highest BCUT2D eigenvalue weighted by atomic mass is 28.4. The van der Waals surface area contributed by atoms with E-state index in [1.165, 1.54) is 0 Å². The third-order valence-corrected chi connectivity index (χ3v) is 12.8. The second-order valence-electron chi connectivity index (χ2n) is 9.37. The molecule has 2 aliphatic rings. The van der Waals surface area contributed by atoms with E-state index >= 15 is 0 Å². The SMILES string of the molecule is C=CCO[C@H]1c2cc3c(cc2C=C(C=O)[C@@H]1CO[Si](C(C)C)(C(C)C)C(C)C)OCO3. The van der Waals surface area contributed by atoms with Crippen LogP contribution in [0.4, 0.5) is 0 Å². The monoisotopic (exact) mass is 444 g/mol. The highest BCUT2D eigenvalue weighted by Crippen LogP contribution is 2.47. The van der Waals surface area contributed by atoms with E-state index in [1.807, 2.05) is 18.2 Å². The van der Waals surface area contributed by atoms with Crippen molar-refractivity contribution >= 4 is 20.7 Å². The summed E-state index contributed by atoms with van der Waals surface area (Å²) in [5.74, 6) is 1.22. The third kappa shape index (κ3) is 4.38. The molecule has 5 nitrogen and oxygen atoms in total. The minimum Gasteiger partial charge on any atom is -0.454 e. The van der Waals surface area contributed by atoms with Crippen molar-refractivity contribution in [3.05, 3.63) is 41.5 Å². The second kappa shape index (κ2) is 9.71. The lowest BCUT2D eigenvalue weighted by atomic mass is 9.81. The summed E-state index contributed by atoms with van der Waals surface area (Å²) in [5.41, 5.74) is 4.02. The molecular weight excluding hydrogens is 408 g/mol. The average Bonchev–Trinajstić information content (AvgIpc) is 3.17. The molecule has 0 unspecified atom stereocenters. The van der Waals surface area contributed by atoms with Gasteiger partial charge in [-0.25, -0.2) is 0 Å². The molecule has 0 N–H and O–H groups in total. The molecule has 0 saturated heterocycles. The number of aldehydes is 1. The zero-order chi connectivity index (χ0) is 22.8. The molecule has 0 bridgehead atoms. The third-order valence-electron chi connectivity index (χ3n) is 6.75. The number of hydrogen-bond donors (Lipinski definition) is 0. The van der Waals surface area contributed by atoms with Crippen molar-refractivity contribution in [2.75, 3.05) is 20.0 Å². The van der Waals surface area contributed by atoms with Gasteiger partial charge in [0.2, 0.25) is 6.79 Å². The Morgan fingerprint density at radius 1 is 1.10 bits per heavy atom. The Bertz CT molecular complexity index is 821. The van der Waals surface area contributed by atoms with E-state index in [9.17, 15) is 4.79 Å². The van der Waals surface area contributed by atoms with Crippen molar-refractivity contribution in [3.8, 4) is 11.5 Å². The summed E-state index contributed by atoms with van der Waals surface area (Å²) in [4.78, 5) is 12.1. The molecule has 0 saturated carbocycles. The van der Waals surface area contributed by atoms with Gasteiger partial charge in [0.15, 0.2) is 19.8 Å². The highest BCUT2D eigenvalue weighted by Gasteiger charge is 2.46. The van der Waals surface area contributed by atoms with Gasteiger partial charge in [0.1, 0.15) is 6.29 Å². The van der Waals surface area contributed by atoms with Gasteiger partial charge in [0, 0.05) is 18.1 Å². The van der Waals surface area contributed by atoms with Gasteiger partial charge < -0.3 is 18.6 Å². The van der Waals surface area contributed by atoms with Gasteiger partial charge >= 0.3 is 0 Å². The average molecular weight is 445 g/mol. The molecule has 0 fully saturated rings. The van der Waals surface area contributed by atoms with Crippen LogP contribution >= 0.6 is 0 Å². The quantitative estimate of drug-likeness (QED) is 0.249. The Morgan fingerprint density at radius 2 is 1.71 bits per heavy atom. The second-order valence-corrected chi connectivity index (χ2v) is 14.8. The topological polar surface area (TPSA) is 54.0 Å². The lowest BCUT2D eigenvalue weighted by Crippen LogP contribution is -2.49. The Kier molecular flexibility index (Phi) is 7.45. The zero-order valence-electron chi connectivity index (χ0n) is 19.6. The molecule has 1 aliphatic heterocycles. The smallest absolute Gasteiger partial charge is 0.231 e. The number of benzene rings is 1. The molecule has 2 atom stereocenters. The van der Waals surface area contributed by atoms with Crippen molar-refractivity contribution in [2.45, 2.75) is 64.3 Å². The maximum absolute atomic E-state index is 12.1. The Balaban J connectivity index is 1.99. The molecular formula is C25H36O5Si. The Hall–Kier alpha value is -1.89. The van der Waals surface area contributed by atoms with Crippen LogP contribution in [-0.2, 0) is 14.0 Å². The van der Waals surface area contributed by atoms with E-state index in [0.717, 1.165) is 17.4 Å². The Morgan fingerprint density at radius 3 is 2.26 bits per heavy atom. The number of ether oxygens (including phenoxy) is 3. The van der Waals surface area contributed by atoms with E-state index in [2.05, 4.69) is 48.1 Å². The molecule has 0 aromatic heterocycles. The molecule has 0 amide bonds. The minimum absolute atomic E-state index is 0.187. The summed E-state index contributed by atoms with van der Waals surface area (Å²) in [7, 11) is -2.09. The fourth-order valence-corrected chi connectivity index (χ4v) is 10.9. The molecule has 170 valence electrons. The van der Waals surface area contributed by atoms with Crippen LogP contribution in [0.1, 0.15) is 58.8 Å². The van der Waals surface area contributed by atoms with Gasteiger partial charge in [-0.15, -0.1) is 6.58 Å². The fraction of sp³-hybridized carbons (Fsp3) is 0.560. The molecule has 1 heterocycles. The summed E-state index contributed by atoms with van der Waals surface area (Å²) >= 11 is 0. The van der Waals surface area contributed by atoms with Crippen LogP contribution in [0.15, 0.2) is 30.4 Å². The number of carbonyl (C=O) groups excluding carboxylic acids is 1. The molecule has 1 aromatic carbocycles. The molecule has 0 radical (unpaired) electrons. The number of rotatable bonds is 10. The van der Waals surface area contributed by atoms with Crippen LogP contribution < -0.4 is 9.47 Å². The first-order chi connectivity index (χ1) is 14.8. The first-order valence-electron chi connectivity index (χ1n) is 11.2. The van der Waals surface area contributed by atoms with Gasteiger partial charge in [-0.05, 0) is 46.0 Å². The van der Waals surface area contributed by atoms with Crippen molar-refractivity contribution in [1.82, 2.24) is 0 Å². The number of hydrogen-bond acceptors (Lipinski definition) is 5. The molecule has 3 rings (SSSR count). The van der Waals surface area contributed by atoms with E-state index in [0.29, 0.717) is 46.9 Å². The van der Waals surface area contributed by atoms with Gasteiger partial charge in [-0.2, -0.15) is 0 Å². The lowest BCUT2D eigenvalue weighted by molar-refractivity contribution is -0.106. The maximum Gasteiger partial charge on any atom is 0.231 e. The summed E-state index contributed by atoms with van der Waals surface area (Å²) in [6.07, 6.45) is 4.30.